The summed E-state index contributed by atoms with van der Waals surface area (Å²) in [5, 5.41) is 13.5. The summed E-state index contributed by atoms with van der Waals surface area (Å²) in [5.41, 5.74) is 0.592. The fourth-order valence-electron chi connectivity index (χ4n) is 2.16. The van der Waals surface area contributed by atoms with Gasteiger partial charge in [-0.05, 0) is 55.8 Å². The van der Waals surface area contributed by atoms with Crippen LogP contribution in [-0.2, 0) is 4.74 Å². The van der Waals surface area contributed by atoms with E-state index in [1.165, 1.54) is 0 Å². The van der Waals surface area contributed by atoms with Crippen LogP contribution in [-0.4, -0.2) is 29.3 Å². The molecule has 25 heavy (non-hydrogen) atoms. The van der Waals surface area contributed by atoms with Gasteiger partial charge in [0.05, 0.1) is 5.56 Å². The Balaban J connectivity index is 1.93. The molecule has 1 amide bonds. The summed E-state index contributed by atoms with van der Waals surface area (Å²) in [6.07, 6.45) is 0.0594. The molecule has 0 radical (unpaired) electrons. The van der Waals surface area contributed by atoms with Crippen molar-refractivity contribution in [3.63, 3.8) is 0 Å². The molecule has 0 unspecified atom stereocenters. The fraction of sp³-hybridized carbons (Fsp3) is 0.300. The lowest BCUT2D eigenvalue weighted by Gasteiger charge is -2.19. The zero-order chi connectivity index (χ0) is 18.4. The maximum absolute atomic E-state index is 11.5. The molecule has 0 aliphatic heterocycles. The summed E-state index contributed by atoms with van der Waals surface area (Å²) in [6.45, 7) is 5.85. The van der Waals surface area contributed by atoms with Crippen molar-refractivity contribution in [1.82, 2.24) is 5.32 Å². The Bertz CT molecular complexity index is 853. The number of amides is 1. The first-order chi connectivity index (χ1) is 11.7. The van der Waals surface area contributed by atoms with Crippen LogP contribution in [0.5, 0.6) is 0 Å². The van der Waals surface area contributed by atoms with E-state index in [0.717, 1.165) is 16.3 Å². The van der Waals surface area contributed by atoms with E-state index in [2.05, 4.69) is 17.2 Å². The minimum Gasteiger partial charge on any atom is -0.478 e. The van der Waals surface area contributed by atoms with E-state index < -0.39 is 17.7 Å². The number of carboxylic acid groups (broad SMARTS) is 1. The standard InChI is InChI=1S/C20H21NO4/c1-20(2,3)25-19(24)21-11-5-4-6-14-7-8-16-13-17(18(22)23)10-9-15(16)12-14/h7-10,12-13H,5,11H2,1-3H3,(H,21,24)(H,22,23). The average Bonchev–Trinajstić information content (AvgIpc) is 2.52. The second kappa shape index (κ2) is 7.71. The van der Waals surface area contributed by atoms with Gasteiger partial charge in [-0.3, -0.25) is 0 Å². The van der Waals surface area contributed by atoms with Gasteiger partial charge in [0, 0.05) is 18.5 Å². The Morgan fingerprint density at radius 2 is 1.80 bits per heavy atom. The molecule has 0 fully saturated rings. The molecule has 2 aromatic carbocycles. The minimum atomic E-state index is -0.941. The molecule has 0 atom stereocenters. The summed E-state index contributed by atoms with van der Waals surface area (Å²) in [7, 11) is 0. The molecule has 0 aromatic heterocycles. The molecule has 0 saturated carbocycles. The number of hydrogen-bond acceptors (Lipinski definition) is 3. The summed E-state index contributed by atoms with van der Waals surface area (Å²) >= 11 is 0. The van der Waals surface area contributed by atoms with Gasteiger partial charge in [-0.25, -0.2) is 9.59 Å². The van der Waals surface area contributed by atoms with Crippen LogP contribution in [0.15, 0.2) is 36.4 Å². The van der Waals surface area contributed by atoms with E-state index in [9.17, 15) is 9.59 Å². The highest BCUT2D eigenvalue weighted by atomic mass is 16.6. The normalized spacial score (nSPS) is 10.7. The largest absolute Gasteiger partial charge is 0.478 e. The van der Waals surface area contributed by atoms with Crippen LogP contribution in [0.1, 0.15) is 43.1 Å². The van der Waals surface area contributed by atoms with Crippen molar-refractivity contribution in [2.75, 3.05) is 6.54 Å². The number of ether oxygens (including phenoxy) is 1. The zero-order valence-electron chi connectivity index (χ0n) is 14.6. The topological polar surface area (TPSA) is 75.6 Å². The lowest BCUT2D eigenvalue weighted by atomic mass is 10.0. The third-order valence-electron chi connectivity index (χ3n) is 3.24. The fourth-order valence-corrected chi connectivity index (χ4v) is 2.16. The number of nitrogens with one attached hydrogen (secondary N) is 1. The molecule has 5 heteroatoms. The lowest BCUT2D eigenvalue weighted by molar-refractivity contribution is 0.0528. The van der Waals surface area contributed by atoms with Crippen molar-refractivity contribution >= 4 is 22.8 Å². The van der Waals surface area contributed by atoms with Gasteiger partial charge in [0.1, 0.15) is 5.60 Å². The molecule has 130 valence electrons. The monoisotopic (exact) mass is 339 g/mol. The number of carboxylic acids is 1. The van der Waals surface area contributed by atoms with E-state index in [4.69, 9.17) is 9.84 Å². The van der Waals surface area contributed by atoms with Gasteiger partial charge in [0.2, 0.25) is 0 Å². The maximum Gasteiger partial charge on any atom is 0.407 e. The SMILES string of the molecule is CC(C)(C)OC(=O)NCCC#Cc1ccc2cc(C(=O)O)ccc2c1. The molecular formula is C20H21NO4. The Morgan fingerprint density at radius 3 is 2.48 bits per heavy atom. The molecule has 0 heterocycles. The van der Waals surface area contributed by atoms with Crippen molar-refractivity contribution in [2.24, 2.45) is 0 Å². The molecule has 0 bridgehead atoms. The van der Waals surface area contributed by atoms with Gasteiger partial charge >= 0.3 is 12.1 Å². The molecule has 2 N–H and O–H groups in total. The van der Waals surface area contributed by atoms with Gasteiger partial charge in [-0.1, -0.05) is 24.0 Å². The molecular weight excluding hydrogens is 318 g/mol. The Morgan fingerprint density at radius 1 is 1.12 bits per heavy atom. The predicted octanol–water partition coefficient (Wildman–Crippen LogP) is 3.80. The van der Waals surface area contributed by atoms with Crippen LogP contribution in [0.2, 0.25) is 0 Å². The molecule has 2 rings (SSSR count). The highest BCUT2D eigenvalue weighted by Crippen LogP contribution is 2.17. The molecule has 0 saturated heterocycles. The highest BCUT2D eigenvalue weighted by molar-refractivity contribution is 5.94. The van der Waals surface area contributed by atoms with Crippen LogP contribution in [0.25, 0.3) is 10.8 Å². The van der Waals surface area contributed by atoms with E-state index in [1.807, 2.05) is 39.0 Å². The van der Waals surface area contributed by atoms with Crippen molar-refractivity contribution in [2.45, 2.75) is 32.8 Å². The second-order valence-corrected chi connectivity index (χ2v) is 6.56. The van der Waals surface area contributed by atoms with Crippen molar-refractivity contribution in [1.29, 1.82) is 0 Å². The number of hydrogen-bond donors (Lipinski definition) is 2. The Hall–Kier alpha value is -3.00. The van der Waals surface area contributed by atoms with Crippen LogP contribution >= 0.6 is 0 Å². The summed E-state index contributed by atoms with van der Waals surface area (Å²) in [6, 6.07) is 10.6. The van der Waals surface area contributed by atoms with Gasteiger partial charge in [-0.2, -0.15) is 0 Å². The first kappa shape index (κ1) is 18.3. The smallest absolute Gasteiger partial charge is 0.407 e. The van der Waals surface area contributed by atoms with Crippen molar-refractivity contribution < 1.29 is 19.4 Å². The number of rotatable bonds is 3. The minimum absolute atomic E-state index is 0.263. The molecule has 0 spiro atoms. The first-order valence-electron chi connectivity index (χ1n) is 7.97. The van der Waals surface area contributed by atoms with Crippen molar-refractivity contribution in [3.05, 3.63) is 47.5 Å². The molecule has 0 aliphatic carbocycles. The zero-order valence-corrected chi connectivity index (χ0v) is 14.6. The lowest BCUT2D eigenvalue weighted by Crippen LogP contribution is -2.32. The number of carbonyl (C=O) groups is 2. The van der Waals surface area contributed by atoms with Gasteiger partial charge in [-0.15, -0.1) is 0 Å². The summed E-state index contributed by atoms with van der Waals surface area (Å²) in [4.78, 5) is 22.5. The van der Waals surface area contributed by atoms with Crippen LogP contribution in [0.3, 0.4) is 0 Å². The maximum atomic E-state index is 11.5. The number of aromatic carboxylic acids is 1. The van der Waals surface area contributed by atoms with E-state index >= 15 is 0 Å². The van der Waals surface area contributed by atoms with Crippen LogP contribution in [0.4, 0.5) is 4.79 Å². The second-order valence-electron chi connectivity index (χ2n) is 6.56. The van der Waals surface area contributed by atoms with E-state index in [0.29, 0.717) is 13.0 Å². The third kappa shape index (κ3) is 5.85. The summed E-state index contributed by atoms with van der Waals surface area (Å²) in [5.74, 6) is 5.10. The molecule has 2 aromatic rings. The molecule has 5 nitrogen and oxygen atoms in total. The van der Waals surface area contributed by atoms with E-state index in [1.54, 1.807) is 18.2 Å². The van der Waals surface area contributed by atoms with Gasteiger partial charge in [0.15, 0.2) is 0 Å². The average molecular weight is 339 g/mol. The van der Waals surface area contributed by atoms with E-state index in [-0.39, 0.29) is 5.56 Å². The summed E-state index contributed by atoms with van der Waals surface area (Å²) < 4.78 is 5.14. The van der Waals surface area contributed by atoms with Crippen LogP contribution in [0, 0.1) is 11.8 Å². The number of alkyl carbamates (subject to hydrolysis) is 1. The van der Waals surface area contributed by atoms with Crippen LogP contribution < -0.4 is 5.32 Å². The first-order valence-corrected chi connectivity index (χ1v) is 7.97. The third-order valence-corrected chi connectivity index (χ3v) is 3.24. The van der Waals surface area contributed by atoms with Crippen molar-refractivity contribution in [3.8, 4) is 11.8 Å². The molecule has 0 aliphatic rings. The number of carbonyl (C=O) groups excluding carboxylic acids is 1. The quantitative estimate of drug-likeness (QED) is 0.659. The number of benzene rings is 2. The Kier molecular flexibility index (Phi) is 5.66. The Labute approximate surface area is 147 Å². The highest BCUT2D eigenvalue weighted by Gasteiger charge is 2.15. The van der Waals surface area contributed by atoms with Gasteiger partial charge < -0.3 is 15.2 Å². The predicted molar refractivity (Wildman–Crippen MR) is 96.6 cm³/mol. The number of fused-ring (bicyclic) bond motifs is 1. The van der Waals surface area contributed by atoms with Gasteiger partial charge in [0.25, 0.3) is 0 Å².